The average Bonchev–Trinajstić information content (AvgIpc) is 3.81. The Kier molecular flexibility index (Phi) is 8.77. The number of thiophene rings is 1. The largest absolute Gasteiger partial charge is 0.312 e. The van der Waals surface area contributed by atoms with Crippen molar-refractivity contribution < 1.29 is 0 Å². The molecule has 0 fully saturated rings. The van der Waals surface area contributed by atoms with E-state index in [2.05, 4.69) is 120 Å². The zero-order valence-electron chi connectivity index (χ0n) is 30.8. The Bertz CT molecular complexity index is 2950. The predicted molar refractivity (Wildman–Crippen MR) is 237 cm³/mol. The van der Waals surface area contributed by atoms with Crippen molar-refractivity contribution in [2.45, 2.75) is 25.2 Å². The Morgan fingerprint density at radius 3 is 1.96 bits per heavy atom. The molecule has 0 N–H and O–H groups in total. The minimum Gasteiger partial charge on any atom is -0.312 e. The fourth-order valence-corrected chi connectivity index (χ4v) is 9.28. The van der Waals surface area contributed by atoms with Crippen LogP contribution in [0.4, 0.5) is 0 Å². The lowest BCUT2D eigenvalue weighted by atomic mass is 9.87. The summed E-state index contributed by atoms with van der Waals surface area (Å²) >= 11 is 1.87. The number of fused-ring (bicyclic) bond motifs is 7. The normalized spacial score (nSPS) is 13.8. The minimum absolute atomic E-state index is 0.0917. The van der Waals surface area contributed by atoms with Crippen molar-refractivity contribution in [1.82, 2.24) is 19.5 Å². The van der Waals surface area contributed by atoms with E-state index in [1.54, 1.807) is 0 Å². The molecule has 3 heterocycles. The van der Waals surface area contributed by atoms with Gasteiger partial charge in [0.2, 0.25) is 0 Å². The molecule has 0 saturated carbocycles. The molecule has 5 heteroatoms. The van der Waals surface area contributed by atoms with Crippen LogP contribution in [-0.4, -0.2) is 19.5 Å². The van der Waals surface area contributed by atoms with Crippen LogP contribution in [0.5, 0.6) is 0 Å². The van der Waals surface area contributed by atoms with E-state index in [0.29, 0.717) is 23.9 Å². The summed E-state index contributed by atoms with van der Waals surface area (Å²) < 4.78 is 5.13. The van der Waals surface area contributed by atoms with Gasteiger partial charge in [-0.05, 0) is 66.3 Å². The van der Waals surface area contributed by atoms with Gasteiger partial charge in [0.15, 0.2) is 17.5 Å². The van der Waals surface area contributed by atoms with E-state index in [0.717, 1.165) is 29.5 Å². The molecule has 268 valence electrons. The fourth-order valence-electron chi connectivity index (χ4n) is 8.17. The molecule has 3 aromatic heterocycles. The topological polar surface area (TPSA) is 43.6 Å². The molecule has 1 aliphatic rings. The third-order valence-electron chi connectivity index (χ3n) is 10.8. The van der Waals surface area contributed by atoms with Gasteiger partial charge >= 0.3 is 0 Å². The van der Waals surface area contributed by atoms with E-state index < -0.39 is 0 Å². The molecule has 9 aromatic rings. The minimum atomic E-state index is -0.0917. The second-order valence-corrected chi connectivity index (χ2v) is 15.4. The Labute approximate surface area is 330 Å². The molecule has 0 amide bonds. The molecule has 0 bridgehead atoms. The summed E-state index contributed by atoms with van der Waals surface area (Å²) in [4.78, 5) is 15.2. The van der Waals surface area contributed by atoms with Gasteiger partial charge in [0, 0.05) is 53.7 Å². The fraction of sp³-hybridized carbons (Fsp3) is 0.0784. The van der Waals surface area contributed by atoms with Crippen LogP contribution in [0.3, 0.4) is 0 Å². The summed E-state index contributed by atoms with van der Waals surface area (Å²) in [5.74, 6) is 1.78. The molecule has 0 radical (unpaired) electrons. The lowest BCUT2D eigenvalue weighted by Gasteiger charge is -2.25. The van der Waals surface area contributed by atoms with Crippen molar-refractivity contribution in [3.8, 4) is 22.8 Å². The second-order valence-electron chi connectivity index (χ2n) is 14.3. The highest BCUT2D eigenvalue weighted by molar-refractivity contribution is 7.26. The Morgan fingerprint density at radius 1 is 0.625 bits per heavy atom. The first-order valence-electron chi connectivity index (χ1n) is 19.2. The van der Waals surface area contributed by atoms with E-state index in [9.17, 15) is 0 Å². The van der Waals surface area contributed by atoms with Crippen LogP contribution in [0.2, 0.25) is 0 Å². The Morgan fingerprint density at radius 2 is 1.27 bits per heavy atom. The molecule has 1 atom stereocenters. The van der Waals surface area contributed by atoms with Gasteiger partial charge in [-0.2, -0.15) is 0 Å². The van der Waals surface area contributed by atoms with Crippen molar-refractivity contribution in [3.05, 3.63) is 200 Å². The summed E-state index contributed by atoms with van der Waals surface area (Å²) in [6, 6.07) is 53.5. The van der Waals surface area contributed by atoms with Crippen molar-refractivity contribution in [1.29, 1.82) is 0 Å². The second kappa shape index (κ2) is 14.5. The maximum absolute atomic E-state index is 5.10. The molecule has 56 heavy (non-hydrogen) atoms. The maximum atomic E-state index is 5.10. The first-order chi connectivity index (χ1) is 27.7. The molecule has 1 unspecified atom stereocenters. The number of allylic oxidation sites excluding steroid dienone is 7. The van der Waals surface area contributed by atoms with Gasteiger partial charge in [-0.25, -0.2) is 15.0 Å². The van der Waals surface area contributed by atoms with Gasteiger partial charge in [-0.15, -0.1) is 11.3 Å². The highest BCUT2D eigenvalue weighted by atomic mass is 32.1. The van der Waals surface area contributed by atoms with Crippen molar-refractivity contribution in [2.75, 3.05) is 0 Å². The quantitative estimate of drug-likeness (QED) is 0.148. The zero-order chi connectivity index (χ0) is 37.4. The first-order valence-corrected chi connectivity index (χ1v) is 20.0. The van der Waals surface area contributed by atoms with Gasteiger partial charge in [0.25, 0.3) is 0 Å². The monoisotopic (exact) mass is 738 g/mol. The van der Waals surface area contributed by atoms with Crippen molar-refractivity contribution in [2.24, 2.45) is 0 Å². The van der Waals surface area contributed by atoms with E-state index in [4.69, 9.17) is 21.5 Å². The van der Waals surface area contributed by atoms with Crippen LogP contribution >= 0.6 is 11.3 Å². The standard InChI is InChI=1S/C51H38N4S/c1-34(49-52-50(37-22-10-4-11-23-37)54-51(53-49)38-24-12-5-13-25-38)32-41(36-20-8-3-9-21-36)44(33-35-18-6-2-7-19-35)55-42-28-16-14-26-39(42)47-43(55)30-31-46-48(47)40-27-15-17-29-45(40)56-46/h3-6,8-31,33,41H,1-2,7,32H2/b44-33-. The number of rotatable bonds is 9. The summed E-state index contributed by atoms with van der Waals surface area (Å²) in [6.45, 7) is 4.75. The molecule has 0 saturated heterocycles. The SMILES string of the molecule is C=C(CC(/C(=C/C1=CCCC=C1)n1c2ccccc2c2c3c(ccc21)sc1ccccc13)c1ccccc1)c1nc(-c2ccccc2)nc(-c2ccccc2)n1. The number of nitrogens with zero attached hydrogens (tertiary/aromatic N) is 4. The molecule has 4 nitrogen and oxygen atoms in total. The summed E-state index contributed by atoms with van der Waals surface area (Å²) in [5.41, 5.74) is 8.70. The Hall–Kier alpha value is -6.69. The molecular formula is C51H38N4S. The van der Waals surface area contributed by atoms with Gasteiger partial charge in [0.05, 0.1) is 11.0 Å². The van der Waals surface area contributed by atoms with Gasteiger partial charge in [-0.3, -0.25) is 0 Å². The maximum Gasteiger partial charge on any atom is 0.164 e. The molecule has 1 aliphatic carbocycles. The summed E-state index contributed by atoms with van der Waals surface area (Å²) in [7, 11) is 0. The average molecular weight is 739 g/mol. The first kappa shape index (κ1) is 33.8. The third kappa shape index (κ3) is 6.16. The highest BCUT2D eigenvalue weighted by Gasteiger charge is 2.27. The number of aromatic nitrogens is 4. The number of benzene rings is 6. The third-order valence-corrected chi connectivity index (χ3v) is 11.9. The van der Waals surface area contributed by atoms with E-state index in [1.807, 2.05) is 72.0 Å². The number of para-hydroxylation sites is 1. The molecule has 10 rings (SSSR count). The van der Waals surface area contributed by atoms with E-state index in [-0.39, 0.29) is 5.92 Å². The zero-order valence-corrected chi connectivity index (χ0v) is 31.7. The van der Waals surface area contributed by atoms with Crippen LogP contribution < -0.4 is 0 Å². The van der Waals surface area contributed by atoms with Crippen LogP contribution in [0.25, 0.3) is 76.0 Å². The van der Waals surface area contributed by atoms with Crippen LogP contribution in [0.15, 0.2) is 188 Å². The predicted octanol–water partition coefficient (Wildman–Crippen LogP) is 13.7. The highest BCUT2D eigenvalue weighted by Crippen LogP contribution is 2.46. The number of hydrogen-bond acceptors (Lipinski definition) is 4. The van der Waals surface area contributed by atoms with Gasteiger partial charge < -0.3 is 4.57 Å². The Balaban J connectivity index is 1.20. The number of hydrogen-bond donors (Lipinski definition) is 0. The van der Waals surface area contributed by atoms with Gasteiger partial charge in [-0.1, -0.05) is 152 Å². The molecule has 6 aromatic carbocycles. The van der Waals surface area contributed by atoms with Crippen molar-refractivity contribution >= 4 is 64.6 Å². The lowest BCUT2D eigenvalue weighted by molar-refractivity contribution is 0.840. The molecular weight excluding hydrogens is 701 g/mol. The van der Waals surface area contributed by atoms with Crippen LogP contribution in [-0.2, 0) is 0 Å². The summed E-state index contributed by atoms with van der Waals surface area (Å²) in [6.07, 6.45) is 12.0. The molecule has 0 aliphatic heterocycles. The summed E-state index contributed by atoms with van der Waals surface area (Å²) in [5, 5.41) is 5.16. The van der Waals surface area contributed by atoms with E-state index >= 15 is 0 Å². The van der Waals surface area contributed by atoms with E-state index in [1.165, 1.54) is 58.8 Å². The lowest BCUT2D eigenvalue weighted by Crippen LogP contribution is -2.11. The van der Waals surface area contributed by atoms with Crippen LogP contribution in [0, 0.1) is 0 Å². The van der Waals surface area contributed by atoms with Gasteiger partial charge in [0.1, 0.15) is 0 Å². The van der Waals surface area contributed by atoms with Crippen molar-refractivity contribution in [3.63, 3.8) is 0 Å². The molecule has 0 spiro atoms. The van der Waals surface area contributed by atoms with Crippen LogP contribution in [0.1, 0.15) is 36.6 Å². The smallest absolute Gasteiger partial charge is 0.164 e.